The normalized spacial score (nSPS) is 39.3. The summed E-state index contributed by atoms with van der Waals surface area (Å²) < 4.78 is 0. The van der Waals surface area contributed by atoms with E-state index >= 15 is 0 Å². The second-order valence-electron chi connectivity index (χ2n) is 5.50. The molecule has 0 aromatic rings. The van der Waals surface area contributed by atoms with Crippen LogP contribution in [0.2, 0.25) is 0 Å². The van der Waals surface area contributed by atoms with Crippen LogP contribution in [0.25, 0.3) is 0 Å². The molecule has 15 heavy (non-hydrogen) atoms. The molecule has 3 rings (SSSR count). The molecule has 3 aliphatic carbocycles. The molecule has 0 aliphatic heterocycles. The zero-order valence-corrected chi connectivity index (χ0v) is 9.73. The Bertz CT molecular complexity index is 304. The van der Waals surface area contributed by atoms with Gasteiger partial charge in [-0.05, 0) is 36.5 Å². The molecule has 1 fully saturated rings. The Morgan fingerprint density at radius 1 is 1.47 bits per heavy atom. The van der Waals surface area contributed by atoms with E-state index in [9.17, 15) is 9.90 Å². The van der Waals surface area contributed by atoms with Crippen molar-refractivity contribution >= 4 is 5.97 Å². The second kappa shape index (κ2) is 3.66. The summed E-state index contributed by atoms with van der Waals surface area (Å²) in [6.45, 7) is 6.63. The lowest BCUT2D eigenvalue weighted by molar-refractivity contribution is -0.142. The third kappa shape index (κ3) is 1.70. The third-order valence-electron chi connectivity index (χ3n) is 4.23. The molecule has 2 heteroatoms. The fourth-order valence-corrected chi connectivity index (χ4v) is 3.26. The van der Waals surface area contributed by atoms with Crippen LogP contribution in [0, 0.1) is 29.6 Å². The van der Waals surface area contributed by atoms with Gasteiger partial charge in [-0.2, -0.15) is 0 Å². The van der Waals surface area contributed by atoms with Crippen LogP contribution >= 0.6 is 0 Å². The molecule has 1 N–H and O–H groups in total. The molecule has 0 heterocycles. The topological polar surface area (TPSA) is 37.3 Å². The highest BCUT2D eigenvalue weighted by atomic mass is 16.4. The Kier molecular flexibility index (Phi) is 2.61. The molecule has 0 aromatic carbocycles. The Morgan fingerprint density at radius 3 is 2.60 bits per heavy atom. The monoisotopic (exact) mass is 208 g/mol. The van der Waals surface area contributed by atoms with Crippen LogP contribution in [0.4, 0.5) is 0 Å². The molecule has 0 saturated heterocycles. The number of carboxylic acid groups (broad SMARTS) is 1. The van der Waals surface area contributed by atoms with Gasteiger partial charge in [-0.3, -0.25) is 4.79 Å². The van der Waals surface area contributed by atoms with Crippen molar-refractivity contribution in [2.45, 2.75) is 33.6 Å². The number of fused-ring (bicyclic) bond motifs is 3. The van der Waals surface area contributed by atoms with E-state index in [1.54, 1.807) is 0 Å². The van der Waals surface area contributed by atoms with Crippen molar-refractivity contribution in [3.05, 3.63) is 11.6 Å². The van der Waals surface area contributed by atoms with Gasteiger partial charge in [-0.25, -0.2) is 0 Å². The Balaban J connectivity index is 2.30. The minimum absolute atomic E-state index is 0.188. The van der Waals surface area contributed by atoms with Gasteiger partial charge in [0.2, 0.25) is 0 Å². The van der Waals surface area contributed by atoms with Crippen molar-refractivity contribution in [3.63, 3.8) is 0 Å². The van der Waals surface area contributed by atoms with E-state index in [1.165, 1.54) is 12.0 Å². The second-order valence-corrected chi connectivity index (χ2v) is 5.50. The first-order valence-electron chi connectivity index (χ1n) is 5.95. The number of hydrogen-bond donors (Lipinski definition) is 1. The number of aliphatic carboxylic acids is 1. The summed E-state index contributed by atoms with van der Waals surface area (Å²) in [7, 11) is 0. The summed E-state index contributed by atoms with van der Waals surface area (Å²) in [5.41, 5.74) is 1.22. The summed E-state index contributed by atoms with van der Waals surface area (Å²) in [5, 5.41) is 9.21. The van der Waals surface area contributed by atoms with Crippen molar-refractivity contribution in [1.82, 2.24) is 0 Å². The SMILES string of the molecule is CC(C)C1C[C@@H]2CC(C(=O)O)C1=CC2C. The zero-order valence-electron chi connectivity index (χ0n) is 9.73. The average Bonchev–Trinajstić information content (AvgIpc) is 2.17. The lowest BCUT2D eigenvalue weighted by Gasteiger charge is -2.45. The molecule has 0 spiro atoms. The van der Waals surface area contributed by atoms with Crippen molar-refractivity contribution in [2.75, 3.05) is 0 Å². The van der Waals surface area contributed by atoms with E-state index in [-0.39, 0.29) is 5.92 Å². The summed E-state index contributed by atoms with van der Waals surface area (Å²) in [6, 6.07) is 0. The van der Waals surface area contributed by atoms with Gasteiger partial charge in [0.15, 0.2) is 0 Å². The van der Waals surface area contributed by atoms with Crippen LogP contribution in [0.3, 0.4) is 0 Å². The predicted octanol–water partition coefficient (Wildman–Crippen LogP) is 2.95. The molecule has 2 bridgehead atoms. The molecule has 3 aliphatic rings. The van der Waals surface area contributed by atoms with Gasteiger partial charge in [0.1, 0.15) is 0 Å². The first-order chi connectivity index (χ1) is 7.00. The fraction of sp³-hybridized carbons (Fsp3) is 0.769. The predicted molar refractivity (Wildman–Crippen MR) is 59.4 cm³/mol. The van der Waals surface area contributed by atoms with Gasteiger partial charge < -0.3 is 5.11 Å². The van der Waals surface area contributed by atoms with Crippen molar-refractivity contribution in [3.8, 4) is 0 Å². The van der Waals surface area contributed by atoms with Crippen LogP contribution < -0.4 is 0 Å². The molecular formula is C13H20O2. The molecule has 84 valence electrons. The Hall–Kier alpha value is -0.790. The lowest BCUT2D eigenvalue weighted by atomic mass is 9.60. The van der Waals surface area contributed by atoms with Gasteiger partial charge in [0.05, 0.1) is 5.92 Å². The number of carbonyl (C=O) groups is 1. The van der Waals surface area contributed by atoms with Crippen LogP contribution in [-0.4, -0.2) is 11.1 Å². The quantitative estimate of drug-likeness (QED) is 0.708. The van der Waals surface area contributed by atoms with Crippen LogP contribution in [0.15, 0.2) is 11.6 Å². The van der Waals surface area contributed by atoms with Crippen molar-refractivity contribution < 1.29 is 9.90 Å². The molecule has 4 atom stereocenters. The number of allylic oxidation sites excluding steroid dienone is 1. The van der Waals surface area contributed by atoms with Crippen molar-refractivity contribution in [1.29, 1.82) is 0 Å². The first-order valence-corrected chi connectivity index (χ1v) is 5.95. The fourth-order valence-electron chi connectivity index (χ4n) is 3.26. The highest BCUT2D eigenvalue weighted by Gasteiger charge is 2.43. The maximum atomic E-state index is 11.2. The highest BCUT2D eigenvalue weighted by molar-refractivity contribution is 5.74. The Morgan fingerprint density at radius 2 is 2.13 bits per heavy atom. The van der Waals surface area contributed by atoms with E-state index in [1.807, 2.05) is 0 Å². The van der Waals surface area contributed by atoms with Crippen molar-refractivity contribution in [2.24, 2.45) is 29.6 Å². The van der Waals surface area contributed by atoms with Crippen LogP contribution in [0.1, 0.15) is 33.6 Å². The zero-order chi connectivity index (χ0) is 11.2. The highest BCUT2D eigenvalue weighted by Crippen LogP contribution is 2.49. The molecule has 0 amide bonds. The molecule has 1 saturated carbocycles. The average molecular weight is 208 g/mol. The van der Waals surface area contributed by atoms with Gasteiger partial charge in [-0.1, -0.05) is 32.4 Å². The van der Waals surface area contributed by atoms with Gasteiger partial charge in [-0.15, -0.1) is 0 Å². The summed E-state index contributed by atoms with van der Waals surface area (Å²) in [5.74, 6) is 1.46. The maximum Gasteiger partial charge on any atom is 0.310 e. The van der Waals surface area contributed by atoms with Gasteiger partial charge in [0.25, 0.3) is 0 Å². The van der Waals surface area contributed by atoms with E-state index in [2.05, 4.69) is 26.8 Å². The Labute approximate surface area is 91.4 Å². The van der Waals surface area contributed by atoms with Crippen LogP contribution in [0.5, 0.6) is 0 Å². The molecule has 2 nitrogen and oxygen atoms in total. The summed E-state index contributed by atoms with van der Waals surface area (Å²) in [6.07, 6.45) is 4.31. The number of carboxylic acids is 1. The smallest absolute Gasteiger partial charge is 0.310 e. The van der Waals surface area contributed by atoms with E-state index in [4.69, 9.17) is 0 Å². The third-order valence-corrected chi connectivity index (χ3v) is 4.23. The first kappa shape index (κ1) is 10.7. The molecular weight excluding hydrogens is 188 g/mol. The molecule has 0 aromatic heterocycles. The largest absolute Gasteiger partial charge is 0.481 e. The maximum absolute atomic E-state index is 11.2. The van der Waals surface area contributed by atoms with E-state index < -0.39 is 5.97 Å². The molecule has 0 radical (unpaired) electrons. The minimum atomic E-state index is -0.622. The summed E-state index contributed by atoms with van der Waals surface area (Å²) in [4.78, 5) is 11.2. The summed E-state index contributed by atoms with van der Waals surface area (Å²) >= 11 is 0. The van der Waals surface area contributed by atoms with Gasteiger partial charge in [0, 0.05) is 0 Å². The minimum Gasteiger partial charge on any atom is -0.481 e. The standard InChI is InChI=1S/C13H20O2/c1-7(2)10-5-9-6-12(13(14)15)11(10)4-8(9)3/h4,7-10,12H,5-6H2,1-3H3,(H,14,15)/t8?,9-,10?,12?/m1/s1. The molecule has 3 unspecified atom stereocenters. The van der Waals surface area contributed by atoms with E-state index in [0.29, 0.717) is 23.7 Å². The van der Waals surface area contributed by atoms with Gasteiger partial charge >= 0.3 is 5.97 Å². The van der Waals surface area contributed by atoms with Crippen LogP contribution in [-0.2, 0) is 4.79 Å². The number of rotatable bonds is 2. The lowest BCUT2D eigenvalue weighted by Crippen LogP contribution is -2.39. The number of hydrogen-bond acceptors (Lipinski definition) is 1. The van der Waals surface area contributed by atoms with E-state index in [0.717, 1.165) is 6.42 Å².